The molecule has 0 radical (unpaired) electrons. The van der Waals surface area contributed by atoms with Gasteiger partial charge in [-0.05, 0) is 6.92 Å². The van der Waals surface area contributed by atoms with Crippen LogP contribution >= 0.6 is 0 Å². The van der Waals surface area contributed by atoms with Crippen LogP contribution in [0.2, 0.25) is 0 Å². The van der Waals surface area contributed by atoms with Gasteiger partial charge in [-0.2, -0.15) is 0 Å². The highest BCUT2D eigenvalue weighted by Gasteiger charge is 2.20. The Morgan fingerprint density at radius 3 is 2.47 bits per heavy atom. The molecule has 106 valence electrons. The van der Waals surface area contributed by atoms with Crippen molar-refractivity contribution in [1.82, 2.24) is 9.97 Å². The number of anilines is 2. The Balaban J connectivity index is 3.22. The third-order valence-corrected chi connectivity index (χ3v) is 2.69. The summed E-state index contributed by atoms with van der Waals surface area (Å²) in [6.45, 7) is 8.93. The quantitative estimate of drug-likeness (QED) is 0.833. The summed E-state index contributed by atoms with van der Waals surface area (Å²) in [6, 6.07) is 1.82. The molecule has 1 amide bonds. The lowest BCUT2D eigenvalue weighted by molar-refractivity contribution is -0.116. The molecule has 3 N–H and O–H groups in total. The number of primary amides is 1. The molecule has 0 aliphatic rings. The maximum absolute atomic E-state index is 11.1. The Bertz CT molecular complexity index is 453. The first kappa shape index (κ1) is 15.2. The van der Waals surface area contributed by atoms with E-state index in [1.165, 1.54) is 0 Å². The number of nitrogens with two attached hydrogens (primary N) is 1. The topological polar surface area (TPSA) is 84.1 Å². The van der Waals surface area contributed by atoms with Gasteiger partial charge in [0.1, 0.15) is 17.5 Å². The molecule has 0 aliphatic carbocycles. The summed E-state index contributed by atoms with van der Waals surface area (Å²) in [5.74, 6) is 1.81. The van der Waals surface area contributed by atoms with Crippen molar-refractivity contribution in [2.75, 3.05) is 30.4 Å². The molecule has 6 nitrogen and oxygen atoms in total. The first-order valence-corrected chi connectivity index (χ1v) is 6.38. The van der Waals surface area contributed by atoms with Crippen LogP contribution in [0.15, 0.2) is 6.07 Å². The Morgan fingerprint density at radius 1 is 1.42 bits per heavy atom. The SMILES string of the molecule is CCN(CC(N)=O)c1cc(NC)nc(C(C)(C)C)n1. The number of nitrogens with zero attached hydrogens (tertiary/aromatic N) is 3. The summed E-state index contributed by atoms with van der Waals surface area (Å²) in [4.78, 5) is 21.9. The Morgan fingerprint density at radius 2 is 2.05 bits per heavy atom. The van der Waals surface area contributed by atoms with Crippen LogP contribution in [0.5, 0.6) is 0 Å². The molecule has 6 heteroatoms. The van der Waals surface area contributed by atoms with Crippen LogP contribution in [-0.2, 0) is 10.2 Å². The molecule has 0 atom stereocenters. The number of carbonyl (C=O) groups excluding carboxylic acids is 1. The normalized spacial score (nSPS) is 11.2. The fourth-order valence-corrected chi connectivity index (χ4v) is 1.60. The summed E-state index contributed by atoms with van der Waals surface area (Å²) in [7, 11) is 1.81. The molecule has 0 fully saturated rings. The second-order valence-electron chi connectivity index (χ2n) is 5.42. The molecule has 0 spiro atoms. The van der Waals surface area contributed by atoms with E-state index >= 15 is 0 Å². The van der Waals surface area contributed by atoms with Crippen LogP contribution in [0.25, 0.3) is 0 Å². The van der Waals surface area contributed by atoms with E-state index < -0.39 is 0 Å². The first-order valence-electron chi connectivity index (χ1n) is 6.38. The van der Waals surface area contributed by atoms with E-state index in [0.717, 1.165) is 11.6 Å². The van der Waals surface area contributed by atoms with E-state index in [1.54, 1.807) is 0 Å². The predicted molar refractivity (Wildman–Crippen MR) is 77.4 cm³/mol. The van der Waals surface area contributed by atoms with Gasteiger partial charge in [-0.25, -0.2) is 9.97 Å². The summed E-state index contributed by atoms with van der Waals surface area (Å²) < 4.78 is 0. The van der Waals surface area contributed by atoms with Gasteiger partial charge in [-0.3, -0.25) is 4.79 Å². The maximum atomic E-state index is 11.1. The number of amides is 1. The minimum absolute atomic E-state index is 0.153. The lowest BCUT2D eigenvalue weighted by Gasteiger charge is -2.24. The van der Waals surface area contributed by atoms with E-state index in [4.69, 9.17) is 5.73 Å². The fraction of sp³-hybridized carbons (Fsp3) is 0.615. The van der Waals surface area contributed by atoms with E-state index in [2.05, 4.69) is 36.1 Å². The van der Waals surface area contributed by atoms with E-state index in [1.807, 2.05) is 24.9 Å². The van der Waals surface area contributed by atoms with Gasteiger partial charge >= 0.3 is 0 Å². The van der Waals surface area contributed by atoms with Gasteiger partial charge in [0.25, 0.3) is 0 Å². The molecule has 0 aliphatic heterocycles. The number of hydrogen-bond acceptors (Lipinski definition) is 5. The van der Waals surface area contributed by atoms with Gasteiger partial charge in [0.05, 0.1) is 6.54 Å². The van der Waals surface area contributed by atoms with Crippen LogP contribution in [0.4, 0.5) is 11.6 Å². The molecule has 0 unspecified atom stereocenters. The van der Waals surface area contributed by atoms with Crippen molar-refractivity contribution < 1.29 is 4.79 Å². The molecule has 1 rings (SSSR count). The maximum Gasteiger partial charge on any atom is 0.236 e. The Hall–Kier alpha value is -1.85. The molecule has 19 heavy (non-hydrogen) atoms. The molecule has 0 bridgehead atoms. The molecule has 0 aromatic carbocycles. The molecule has 0 saturated heterocycles. The third kappa shape index (κ3) is 4.08. The van der Waals surface area contributed by atoms with E-state index in [9.17, 15) is 4.79 Å². The van der Waals surface area contributed by atoms with Crippen molar-refractivity contribution in [1.29, 1.82) is 0 Å². The first-order chi connectivity index (χ1) is 8.77. The highest BCUT2D eigenvalue weighted by molar-refractivity contribution is 5.79. The zero-order valence-electron chi connectivity index (χ0n) is 12.3. The van der Waals surface area contributed by atoms with Crippen molar-refractivity contribution in [3.05, 3.63) is 11.9 Å². The molecule has 1 aromatic rings. The lowest BCUT2D eigenvalue weighted by Crippen LogP contribution is -2.34. The zero-order chi connectivity index (χ0) is 14.6. The van der Waals surface area contributed by atoms with Crippen molar-refractivity contribution >= 4 is 17.5 Å². The highest BCUT2D eigenvalue weighted by Crippen LogP contribution is 2.23. The summed E-state index contributed by atoms with van der Waals surface area (Å²) in [5.41, 5.74) is 5.10. The van der Waals surface area contributed by atoms with Crippen LogP contribution in [0.3, 0.4) is 0 Å². The smallest absolute Gasteiger partial charge is 0.236 e. The van der Waals surface area contributed by atoms with Gasteiger partial charge in [-0.15, -0.1) is 0 Å². The molecular weight excluding hydrogens is 242 g/mol. The number of hydrogen-bond donors (Lipinski definition) is 2. The van der Waals surface area contributed by atoms with Gasteiger partial charge in [-0.1, -0.05) is 20.8 Å². The molecule has 0 saturated carbocycles. The molecular formula is C13H23N5O. The minimum atomic E-state index is -0.372. The third-order valence-electron chi connectivity index (χ3n) is 2.69. The second-order valence-corrected chi connectivity index (χ2v) is 5.42. The Labute approximate surface area is 114 Å². The average molecular weight is 265 g/mol. The van der Waals surface area contributed by atoms with Gasteiger partial charge in [0.15, 0.2) is 0 Å². The number of rotatable bonds is 5. The minimum Gasteiger partial charge on any atom is -0.373 e. The highest BCUT2D eigenvalue weighted by atomic mass is 16.1. The number of carbonyl (C=O) groups is 1. The number of aromatic nitrogens is 2. The fourth-order valence-electron chi connectivity index (χ4n) is 1.60. The predicted octanol–water partition coefficient (Wildman–Crippen LogP) is 1.13. The number of nitrogens with one attached hydrogen (secondary N) is 1. The summed E-state index contributed by atoms with van der Waals surface area (Å²) in [6.07, 6.45) is 0. The number of likely N-dealkylation sites (N-methyl/N-ethyl adjacent to an activating group) is 1. The van der Waals surface area contributed by atoms with Crippen LogP contribution in [0.1, 0.15) is 33.5 Å². The monoisotopic (exact) mass is 265 g/mol. The summed E-state index contributed by atoms with van der Waals surface area (Å²) >= 11 is 0. The van der Waals surface area contributed by atoms with Crippen LogP contribution in [-0.4, -0.2) is 36.0 Å². The zero-order valence-corrected chi connectivity index (χ0v) is 12.3. The molecule has 1 aromatic heterocycles. The van der Waals surface area contributed by atoms with E-state index in [0.29, 0.717) is 12.4 Å². The van der Waals surface area contributed by atoms with E-state index in [-0.39, 0.29) is 17.9 Å². The van der Waals surface area contributed by atoms with Gasteiger partial charge < -0.3 is 16.0 Å². The van der Waals surface area contributed by atoms with Crippen LogP contribution in [0, 0.1) is 0 Å². The van der Waals surface area contributed by atoms with Crippen molar-refractivity contribution in [3.8, 4) is 0 Å². The summed E-state index contributed by atoms with van der Waals surface area (Å²) in [5, 5.41) is 3.02. The van der Waals surface area contributed by atoms with Crippen LogP contribution < -0.4 is 16.0 Å². The lowest BCUT2D eigenvalue weighted by atomic mass is 9.96. The molecule has 1 heterocycles. The Kier molecular flexibility index (Phi) is 4.69. The van der Waals surface area contributed by atoms with Crippen molar-refractivity contribution in [2.45, 2.75) is 33.1 Å². The van der Waals surface area contributed by atoms with Crippen molar-refractivity contribution in [2.24, 2.45) is 5.73 Å². The van der Waals surface area contributed by atoms with Gasteiger partial charge in [0.2, 0.25) is 5.91 Å². The second kappa shape index (κ2) is 5.86. The largest absolute Gasteiger partial charge is 0.373 e. The average Bonchev–Trinajstić information content (AvgIpc) is 2.34. The van der Waals surface area contributed by atoms with Gasteiger partial charge in [0, 0.05) is 25.1 Å². The standard InChI is InChI=1S/C13H23N5O/c1-6-18(8-9(14)19)11-7-10(15-5)16-12(17-11)13(2,3)4/h7H,6,8H2,1-5H3,(H2,14,19)(H,15,16,17). The van der Waals surface area contributed by atoms with Crippen molar-refractivity contribution in [3.63, 3.8) is 0 Å².